The minimum atomic E-state index is -0.527. The van der Waals surface area contributed by atoms with Crippen molar-refractivity contribution < 1.29 is 18.7 Å². The van der Waals surface area contributed by atoms with Crippen LogP contribution < -0.4 is 15.8 Å². The minimum absolute atomic E-state index is 0.119. The van der Waals surface area contributed by atoms with Crippen molar-refractivity contribution in [1.82, 2.24) is 0 Å². The van der Waals surface area contributed by atoms with E-state index < -0.39 is 11.7 Å². The number of benzene rings is 2. The van der Waals surface area contributed by atoms with Gasteiger partial charge in [-0.25, -0.2) is 4.39 Å². The summed E-state index contributed by atoms with van der Waals surface area (Å²) in [4.78, 5) is 22.7. The average Bonchev–Trinajstić information content (AvgIpc) is 2.48. The molecule has 0 aromatic heterocycles. The Kier molecular flexibility index (Phi) is 5.08. The summed E-state index contributed by atoms with van der Waals surface area (Å²) in [5.74, 6) is -0.792. The predicted molar refractivity (Wildman–Crippen MR) is 80.1 cm³/mol. The highest BCUT2D eigenvalue weighted by Gasteiger charge is 2.05. The summed E-state index contributed by atoms with van der Waals surface area (Å²) in [7, 11) is 0. The highest BCUT2D eigenvalue weighted by Crippen LogP contribution is 2.13. The maximum Gasteiger partial charge on any atom is 0.248 e. The molecule has 5 nitrogen and oxygen atoms in total. The molecular weight excluding hydrogens is 287 g/mol. The summed E-state index contributed by atoms with van der Waals surface area (Å²) in [6.07, 6.45) is 0.119. The molecule has 0 bridgehead atoms. The molecule has 2 aromatic rings. The Hall–Kier alpha value is -2.89. The molecule has 114 valence electrons. The molecule has 0 heterocycles. The maximum absolute atomic E-state index is 12.9. The Labute approximate surface area is 126 Å². The van der Waals surface area contributed by atoms with Crippen molar-refractivity contribution in [3.05, 3.63) is 59.9 Å². The fourth-order valence-corrected chi connectivity index (χ4v) is 1.76. The molecule has 0 saturated heterocycles. The molecule has 0 unspecified atom stereocenters. The number of nitrogens with two attached hydrogens (primary N) is 1. The smallest absolute Gasteiger partial charge is 0.248 e. The van der Waals surface area contributed by atoms with E-state index in [4.69, 9.17) is 10.5 Å². The molecule has 2 aromatic carbocycles. The first-order chi connectivity index (χ1) is 10.5. The number of carbonyl (C=O) groups is 2. The number of amides is 2. The van der Waals surface area contributed by atoms with Crippen LogP contribution >= 0.6 is 0 Å². The van der Waals surface area contributed by atoms with Gasteiger partial charge in [0.25, 0.3) is 0 Å². The lowest BCUT2D eigenvalue weighted by Gasteiger charge is -2.07. The second-order valence-corrected chi connectivity index (χ2v) is 4.55. The molecule has 0 spiro atoms. The van der Waals surface area contributed by atoms with Crippen LogP contribution in [0.5, 0.6) is 5.75 Å². The zero-order valence-electron chi connectivity index (χ0n) is 11.7. The Balaban J connectivity index is 1.79. The van der Waals surface area contributed by atoms with Crippen LogP contribution in [0.3, 0.4) is 0 Å². The topological polar surface area (TPSA) is 81.4 Å². The second-order valence-electron chi connectivity index (χ2n) is 4.55. The van der Waals surface area contributed by atoms with Gasteiger partial charge in [0.05, 0.1) is 13.0 Å². The third kappa shape index (κ3) is 4.59. The van der Waals surface area contributed by atoms with Gasteiger partial charge in [0.2, 0.25) is 11.8 Å². The summed E-state index contributed by atoms with van der Waals surface area (Å²) in [5.41, 5.74) is 6.05. The Morgan fingerprint density at radius 2 is 1.86 bits per heavy atom. The monoisotopic (exact) mass is 302 g/mol. The first kappa shape index (κ1) is 15.5. The standard InChI is InChI=1S/C16H15FN2O3/c17-12-2-1-3-14(10-12)22-9-8-15(20)19-13-6-4-11(5-7-13)16(18)21/h1-7,10H,8-9H2,(H2,18,21)(H,19,20). The van der Waals surface area contributed by atoms with E-state index in [0.717, 1.165) is 0 Å². The van der Waals surface area contributed by atoms with Gasteiger partial charge in [-0.15, -0.1) is 0 Å². The second kappa shape index (κ2) is 7.21. The molecule has 0 aliphatic rings. The third-order valence-electron chi connectivity index (χ3n) is 2.85. The van der Waals surface area contributed by atoms with Crippen molar-refractivity contribution in [1.29, 1.82) is 0 Å². The van der Waals surface area contributed by atoms with Crippen molar-refractivity contribution in [2.45, 2.75) is 6.42 Å². The summed E-state index contributed by atoms with van der Waals surface area (Å²) in [5, 5.41) is 2.66. The van der Waals surface area contributed by atoms with Crippen LogP contribution in [-0.2, 0) is 4.79 Å². The number of hydrogen-bond donors (Lipinski definition) is 2. The van der Waals surface area contributed by atoms with E-state index in [1.807, 2.05) is 0 Å². The third-order valence-corrected chi connectivity index (χ3v) is 2.85. The summed E-state index contributed by atoms with van der Waals surface area (Å²) in [6.45, 7) is 0.134. The zero-order chi connectivity index (χ0) is 15.9. The van der Waals surface area contributed by atoms with Crippen LogP contribution in [0.15, 0.2) is 48.5 Å². The van der Waals surface area contributed by atoms with Gasteiger partial charge < -0.3 is 15.8 Å². The lowest BCUT2D eigenvalue weighted by Crippen LogP contribution is -2.15. The molecule has 0 aliphatic carbocycles. The summed E-state index contributed by atoms with van der Waals surface area (Å²) < 4.78 is 18.2. The fraction of sp³-hybridized carbons (Fsp3) is 0.125. The van der Waals surface area contributed by atoms with Crippen molar-refractivity contribution in [2.75, 3.05) is 11.9 Å². The quantitative estimate of drug-likeness (QED) is 0.859. The van der Waals surface area contributed by atoms with Gasteiger partial charge in [0, 0.05) is 17.3 Å². The zero-order valence-corrected chi connectivity index (χ0v) is 11.7. The lowest BCUT2D eigenvalue weighted by molar-refractivity contribution is -0.116. The normalized spacial score (nSPS) is 10.0. The minimum Gasteiger partial charge on any atom is -0.493 e. The molecular formula is C16H15FN2O3. The van der Waals surface area contributed by atoms with Crippen molar-refractivity contribution in [2.24, 2.45) is 5.73 Å². The number of anilines is 1. The molecule has 0 radical (unpaired) electrons. The van der Waals surface area contributed by atoms with E-state index in [-0.39, 0.29) is 18.9 Å². The van der Waals surface area contributed by atoms with Gasteiger partial charge in [-0.3, -0.25) is 9.59 Å². The Bertz CT molecular complexity index is 671. The SMILES string of the molecule is NC(=O)c1ccc(NC(=O)CCOc2cccc(F)c2)cc1. The maximum atomic E-state index is 12.9. The van der Waals surface area contributed by atoms with Crippen LogP contribution in [0.2, 0.25) is 0 Å². The predicted octanol–water partition coefficient (Wildman–Crippen LogP) is 2.33. The number of nitrogens with one attached hydrogen (secondary N) is 1. The molecule has 3 N–H and O–H groups in total. The molecule has 0 aliphatic heterocycles. The first-order valence-electron chi connectivity index (χ1n) is 6.62. The molecule has 0 atom stereocenters. The van der Waals surface area contributed by atoms with Gasteiger partial charge in [0.1, 0.15) is 11.6 Å². The van der Waals surface area contributed by atoms with Gasteiger partial charge in [-0.1, -0.05) is 6.07 Å². The number of carbonyl (C=O) groups excluding carboxylic acids is 2. The van der Waals surface area contributed by atoms with Crippen molar-refractivity contribution in [3.8, 4) is 5.75 Å². The van der Waals surface area contributed by atoms with E-state index in [2.05, 4.69) is 5.32 Å². The van der Waals surface area contributed by atoms with E-state index in [9.17, 15) is 14.0 Å². The van der Waals surface area contributed by atoms with Gasteiger partial charge in [0.15, 0.2) is 0 Å². The van der Waals surface area contributed by atoms with Crippen molar-refractivity contribution >= 4 is 17.5 Å². The first-order valence-corrected chi connectivity index (χ1v) is 6.62. The number of halogens is 1. The van der Waals surface area contributed by atoms with E-state index >= 15 is 0 Å². The van der Waals surface area contributed by atoms with Crippen molar-refractivity contribution in [3.63, 3.8) is 0 Å². The van der Waals surface area contributed by atoms with Crippen LogP contribution in [0.4, 0.5) is 10.1 Å². The lowest BCUT2D eigenvalue weighted by atomic mass is 10.2. The van der Waals surface area contributed by atoms with Crippen LogP contribution in [0, 0.1) is 5.82 Å². The fourth-order valence-electron chi connectivity index (χ4n) is 1.76. The summed E-state index contributed by atoms with van der Waals surface area (Å²) >= 11 is 0. The van der Waals surface area contributed by atoms with Crippen LogP contribution in [0.25, 0.3) is 0 Å². The molecule has 6 heteroatoms. The summed E-state index contributed by atoms with van der Waals surface area (Å²) in [6, 6.07) is 11.9. The van der Waals surface area contributed by atoms with Gasteiger partial charge in [-0.05, 0) is 36.4 Å². The number of hydrogen-bond acceptors (Lipinski definition) is 3. The van der Waals surface area contributed by atoms with E-state index in [0.29, 0.717) is 17.0 Å². The molecule has 2 rings (SSSR count). The molecule has 22 heavy (non-hydrogen) atoms. The van der Waals surface area contributed by atoms with Gasteiger partial charge >= 0.3 is 0 Å². The average molecular weight is 302 g/mol. The molecule has 2 amide bonds. The van der Waals surface area contributed by atoms with Gasteiger partial charge in [-0.2, -0.15) is 0 Å². The largest absolute Gasteiger partial charge is 0.493 e. The highest BCUT2D eigenvalue weighted by molar-refractivity contribution is 5.94. The number of primary amides is 1. The number of ether oxygens (including phenoxy) is 1. The van der Waals surface area contributed by atoms with Crippen LogP contribution in [0.1, 0.15) is 16.8 Å². The number of rotatable bonds is 6. The Morgan fingerprint density at radius 1 is 1.14 bits per heavy atom. The van der Waals surface area contributed by atoms with E-state index in [1.54, 1.807) is 18.2 Å². The highest BCUT2D eigenvalue weighted by atomic mass is 19.1. The Morgan fingerprint density at radius 3 is 2.50 bits per heavy atom. The van der Waals surface area contributed by atoms with E-state index in [1.165, 1.54) is 30.3 Å². The molecule has 0 fully saturated rings. The molecule has 0 saturated carbocycles. The van der Waals surface area contributed by atoms with Crippen LogP contribution in [-0.4, -0.2) is 18.4 Å².